The summed E-state index contributed by atoms with van der Waals surface area (Å²) < 4.78 is 57.0. The highest BCUT2D eigenvalue weighted by Gasteiger charge is 2.40. The molecule has 1 fully saturated rings. The van der Waals surface area contributed by atoms with Gasteiger partial charge in [0.15, 0.2) is 0 Å². The standard InChI is InChI=1S/C18H20F2N2O3S/c19-18(20)25-16-8-4-5-9-17(16)26(23,24)22-11-14(10-21)15(12-22)13-6-2-1-3-7-13/h1-9,14-15,18H,10-12,21H2/t14-,15+/m1/s1. The normalized spacial score (nSPS) is 21.2. The minimum Gasteiger partial charge on any atom is -0.433 e. The van der Waals surface area contributed by atoms with Crippen molar-refractivity contribution in [2.75, 3.05) is 19.6 Å². The van der Waals surface area contributed by atoms with E-state index < -0.39 is 16.6 Å². The SMILES string of the molecule is NC[C@@H]1CN(S(=O)(=O)c2ccccc2OC(F)F)C[C@H]1c1ccccc1. The quantitative estimate of drug-likeness (QED) is 0.834. The maximum absolute atomic E-state index is 13.0. The van der Waals surface area contributed by atoms with Crippen LogP contribution in [0.5, 0.6) is 5.75 Å². The van der Waals surface area contributed by atoms with Crippen molar-refractivity contribution in [3.8, 4) is 5.75 Å². The Kier molecular flexibility index (Phi) is 5.55. The lowest BCUT2D eigenvalue weighted by Crippen LogP contribution is -2.30. The number of para-hydroxylation sites is 1. The Morgan fingerprint density at radius 3 is 2.38 bits per heavy atom. The largest absolute Gasteiger partial charge is 0.433 e. The summed E-state index contributed by atoms with van der Waals surface area (Å²) in [6, 6.07) is 15.0. The van der Waals surface area contributed by atoms with Gasteiger partial charge in [0.1, 0.15) is 10.6 Å². The maximum atomic E-state index is 13.0. The second kappa shape index (κ2) is 7.69. The lowest BCUT2D eigenvalue weighted by Gasteiger charge is -2.19. The number of nitrogens with two attached hydrogens (primary N) is 1. The summed E-state index contributed by atoms with van der Waals surface area (Å²) in [5.74, 6) is -0.440. The van der Waals surface area contributed by atoms with Crippen molar-refractivity contribution < 1.29 is 21.9 Å². The average Bonchev–Trinajstić information content (AvgIpc) is 3.07. The van der Waals surface area contributed by atoms with Crippen molar-refractivity contribution >= 4 is 10.0 Å². The zero-order chi connectivity index (χ0) is 18.7. The molecule has 2 aromatic carbocycles. The molecule has 1 aliphatic heterocycles. The average molecular weight is 382 g/mol. The number of alkyl halides is 2. The van der Waals surface area contributed by atoms with Crippen LogP contribution in [0.2, 0.25) is 0 Å². The molecule has 0 aromatic heterocycles. The molecule has 140 valence electrons. The summed E-state index contributed by atoms with van der Waals surface area (Å²) in [4.78, 5) is -0.259. The molecule has 0 bridgehead atoms. The Balaban J connectivity index is 1.92. The summed E-state index contributed by atoms with van der Waals surface area (Å²) in [5, 5.41) is 0. The van der Waals surface area contributed by atoms with Crippen molar-refractivity contribution in [1.29, 1.82) is 0 Å². The highest BCUT2D eigenvalue weighted by atomic mass is 32.2. The molecule has 0 aliphatic carbocycles. The van der Waals surface area contributed by atoms with E-state index in [0.29, 0.717) is 6.54 Å². The van der Waals surface area contributed by atoms with Crippen molar-refractivity contribution in [2.24, 2.45) is 11.7 Å². The van der Waals surface area contributed by atoms with Crippen molar-refractivity contribution in [1.82, 2.24) is 4.31 Å². The topological polar surface area (TPSA) is 72.6 Å². The van der Waals surface area contributed by atoms with Crippen LogP contribution in [0.4, 0.5) is 8.78 Å². The molecule has 0 unspecified atom stereocenters. The molecule has 2 aromatic rings. The van der Waals surface area contributed by atoms with E-state index in [2.05, 4.69) is 4.74 Å². The summed E-state index contributed by atoms with van der Waals surface area (Å²) in [6.07, 6.45) is 0. The van der Waals surface area contributed by atoms with Gasteiger partial charge in [-0.1, -0.05) is 42.5 Å². The van der Waals surface area contributed by atoms with Gasteiger partial charge in [0.05, 0.1) is 0 Å². The number of hydrogen-bond acceptors (Lipinski definition) is 4. The molecule has 3 rings (SSSR count). The van der Waals surface area contributed by atoms with Gasteiger partial charge in [-0.2, -0.15) is 13.1 Å². The van der Waals surface area contributed by atoms with E-state index in [-0.39, 0.29) is 35.6 Å². The molecular weight excluding hydrogens is 362 g/mol. The number of ether oxygens (including phenoxy) is 1. The third-order valence-corrected chi connectivity index (χ3v) is 6.49. The van der Waals surface area contributed by atoms with Crippen LogP contribution >= 0.6 is 0 Å². The molecule has 2 N–H and O–H groups in total. The van der Waals surface area contributed by atoms with E-state index in [1.165, 1.54) is 28.6 Å². The molecule has 0 spiro atoms. The Labute approximate surface area is 151 Å². The number of nitrogens with zero attached hydrogens (tertiary/aromatic N) is 1. The van der Waals surface area contributed by atoms with Crippen molar-refractivity contribution in [3.05, 3.63) is 60.2 Å². The van der Waals surface area contributed by atoms with Crippen LogP contribution < -0.4 is 10.5 Å². The minimum absolute atomic E-state index is 0.0424. The second-order valence-corrected chi connectivity index (χ2v) is 8.07. The fourth-order valence-electron chi connectivity index (χ4n) is 3.34. The molecular formula is C18H20F2N2O3S. The van der Waals surface area contributed by atoms with Crippen molar-refractivity contribution in [2.45, 2.75) is 17.4 Å². The Morgan fingerprint density at radius 2 is 1.73 bits per heavy atom. The summed E-state index contributed by atoms with van der Waals surface area (Å²) in [6.45, 7) is -2.28. The van der Waals surface area contributed by atoms with Crippen LogP contribution in [0.1, 0.15) is 11.5 Å². The van der Waals surface area contributed by atoms with Crippen LogP contribution in [-0.4, -0.2) is 39.0 Å². The number of rotatable bonds is 6. The van der Waals surface area contributed by atoms with Gasteiger partial charge in [0.2, 0.25) is 10.0 Å². The van der Waals surface area contributed by atoms with Crippen LogP contribution in [0.3, 0.4) is 0 Å². The minimum atomic E-state index is -3.98. The number of hydrogen-bond donors (Lipinski definition) is 1. The molecule has 1 heterocycles. The van der Waals surface area contributed by atoms with Gasteiger partial charge in [-0.15, -0.1) is 0 Å². The molecule has 1 saturated heterocycles. The van der Waals surface area contributed by atoms with Gasteiger partial charge in [0, 0.05) is 19.0 Å². The molecule has 26 heavy (non-hydrogen) atoms. The first-order valence-electron chi connectivity index (χ1n) is 8.22. The maximum Gasteiger partial charge on any atom is 0.387 e. The summed E-state index contributed by atoms with van der Waals surface area (Å²) in [7, 11) is -3.98. The van der Waals surface area contributed by atoms with Crippen LogP contribution in [-0.2, 0) is 10.0 Å². The molecule has 5 nitrogen and oxygen atoms in total. The van der Waals surface area contributed by atoms with E-state index in [9.17, 15) is 17.2 Å². The Bertz CT molecular complexity index is 847. The number of halogens is 2. The van der Waals surface area contributed by atoms with Gasteiger partial charge in [0.25, 0.3) is 0 Å². The molecule has 0 radical (unpaired) electrons. The predicted molar refractivity (Wildman–Crippen MR) is 93.6 cm³/mol. The molecule has 0 saturated carbocycles. The van der Waals surface area contributed by atoms with Gasteiger partial charge in [-0.3, -0.25) is 0 Å². The van der Waals surface area contributed by atoms with Gasteiger partial charge >= 0.3 is 6.61 Å². The Hall–Kier alpha value is -2.03. The fourth-order valence-corrected chi connectivity index (χ4v) is 4.98. The molecule has 1 aliphatic rings. The van der Waals surface area contributed by atoms with Gasteiger partial charge in [-0.05, 0) is 30.2 Å². The molecule has 8 heteroatoms. The highest BCUT2D eigenvalue weighted by Crippen LogP contribution is 2.37. The zero-order valence-corrected chi connectivity index (χ0v) is 14.8. The van der Waals surface area contributed by atoms with Crippen LogP contribution in [0.25, 0.3) is 0 Å². The molecule has 0 amide bonds. The van der Waals surface area contributed by atoms with E-state index in [1.54, 1.807) is 0 Å². The number of benzene rings is 2. The Morgan fingerprint density at radius 1 is 1.08 bits per heavy atom. The van der Waals surface area contributed by atoms with Gasteiger partial charge < -0.3 is 10.5 Å². The fraction of sp³-hybridized carbons (Fsp3) is 0.333. The molecule has 2 atom stereocenters. The highest BCUT2D eigenvalue weighted by molar-refractivity contribution is 7.89. The first kappa shape index (κ1) is 18.8. The van der Waals surface area contributed by atoms with E-state index >= 15 is 0 Å². The van der Waals surface area contributed by atoms with Crippen LogP contribution in [0, 0.1) is 5.92 Å². The monoisotopic (exact) mass is 382 g/mol. The van der Waals surface area contributed by atoms with E-state index in [1.807, 2.05) is 30.3 Å². The lowest BCUT2D eigenvalue weighted by molar-refractivity contribution is -0.0517. The van der Waals surface area contributed by atoms with E-state index in [0.717, 1.165) is 5.56 Å². The lowest BCUT2D eigenvalue weighted by atomic mass is 9.89. The second-order valence-electron chi connectivity index (χ2n) is 6.16. The first-order chi connectivity index (χ1) is 12.4. The third kappa shape index (κ3) is 3.72. The zero-order valence-electron chi connectivity index (χ0n) is 14.0. The van der Waals surface area contributed by atoms with Crippen LogP contribution in [0.15, 0.2) is 59.5 Å². The summed E-state index contributed by atoms with van der Waals surface area (Å²) >= 11 is 0. The van der Waals surface area contributed by atoms with Crippen molar-refractivity contribution in [3.63, 3.8) is 0 Å². The first-order valence-corrected chi connectivity index (χ1v) is 9.66. The smallest absolute Gasteiger partial charge is 0.387 e. The predicted octanol–water partition coefficient (Wildman–Crippen LogP) is 2.65. The van der Waals surface area contributed by atoms with E-state index in [4.69, 9.17) is 5.73 Å². The summed E-state index contributed by atoms with van der Waals surface area (Å²) in [5.41, 5.74) is 6.87. The number of sulfonamides is 1. The third-order valence-electron chi connectivity index (χ3n) is 4.62. The van der Waals surface area contributed by atoms with Gasteiger partial charge in [-0.25, -0.2) is 8.42 Å².